The van der Waals surface area contributed by atoms with E-state index < -0.39 is 0 Å². The second-order valence-electron chi connectivity index (χ2n) is 6.48. The summed E-state index contributed by atoms with van der Waals surface area (Å²) < 4.78 is 12.9. The van der Waals surface area contributed by atoms with Crippen LogP contribution in [0.1, 0.15) is 5.56 Å². The zero-order chi connectivity index (χ0) is 19.2. The van der Waals surface area contributed by atoms with Gasteiger partial charge in [0.25, 0.3) is 5.56 Å². The molecular weight excluding hydrogens is 351 g/mol. The summed E-state index contributed by atoms with van der Waals surface area (Å²) in [5, 5.41) is 2.89. The van der Waals surface area contributed by atoms with Crippen molar-refractivity contribution in [1.82, 2.24) is 20.2 Å². The van der Waals surface area contributed by atoms with Crippen molar-refractivity contribution in [2.45, 2.75) is 6.42 Å². The summed E-state index contributed by atoms with van der Waals surface area (Å²) in [6.45, 7) is 3.56. The molecule has 1 saturated heterocycles. The van der Waals surface area contributed by atoms with Crippen LogP contribution in [0.25, 0.3) is 0 Å². The lowest BCUT2D eigenvalue weighted by Crippen LogP contribution is -2.50. The van der Waals surface area contributed by atoms with Crippen molar-refractivity contribution < 1.29 is 9.18 Å². The number of carbonyl (C=O) groups is 1. The molecule has 0 saturated carbocycles. The van der Waals surface area contributed by atoms with Gasteiger partial charge in [0.05, 0.1) is 6.54 Å². The Hall–Kier alpha value is -2.94. The highest BCUT2D eigenvalue weighted by Crippen LogP contribution is 2.12. The molecule has 1 aromatic carbocycles. The van der Waals surface area contributed by atoms with Crippen molar-refractivity contribution in [3.63, 3.8) is 0 Å². The van der Waals surface area contributed by atoms with Crippen molar-refractivity contribution in [3.05, 3.63) is 52.1 Å². The molecule has 1 aromatic heterocycles. The van der Waals surface area contributed by atoms with Crippen molar-refractivity contribution in [2.24, 2.45) is 0 Å². The predicted octanol–water partition coefficient (Wildman–Crippen LogP) is -0.0279. The summed E-state index contributed by atoms with van der Waals surface area (Å²) in [5.41, 5.74) is 6.28. The molecule has 1 fully saturated rings. The highest BCUT2D eigenvalue weighted by molar-refractivity contribution is 5.78. The molecule has 3 rings (SSSR count). The monoisotopic (exact) mass is 374 g/mol. The van der Waals surface area contributed by atoms with Gasteiger partial charge in [-0.05, 0) is 24.1 Å². The maximum Gasteiger partial charge on any atom is 0.254 e. The molecule has 2 heterocycles. The number of piperazine rings is 1. The molecule has 27 heavy (non-hydrogen) atoms. The van der Waals surface area contributed by atoms with Crippen LogP contribution in [0, 0.1) is 5.82 Å². The van der Waals surface area contributed by atoms with Crippen LogP contribution >= 0.6 is 0 Å². The van der Waals surface area contributed by atoms with E-state index in [0.717, 1.165) is 5.56 Å². The number of hydrogen-bond acceptors (Lipinski definition) is 6. The summed E-state index contributed by atoms with van der Waals surface area (Å²) in [7, 11) is 0. The van der Waals surface area contributed by atoms with Crippen LogP contribution in [-0.4, -0.2) is 60.0 Å². The standard InChI is InChI=1S/C18H23FN6O2/c19-14-3-1-13(2-4-14)5-6-21-17(27)12-24-7-9-25(10-8-24)15-11-16(26)23-18(20)22-15/h1-4,11H,5-10,12H2,(H,21,27)(H3,20,22,23,26). The third-order valence-corrected chi connectivity index (χ3v) is 4.46. The van der Waals surface area contributed by atoms with Gasteiger partial charge >= 0.3 is 0 Å². The van der Waals surface area contributed by atoms with Crippen molar-refractivity contribution in [3.8, 4) is 0 Å². The summed E-state index contributed by atoms with van der Waals surface area (Å²) in [6, 6.07) is 7.69. The zero-order valence-corrected chi connectivity index (χ0v) is 14.9. The number of anilines is 2. The first-order valence-electron chi connectivity index (χ1n) is 8.85. The van der Waals surface area contributed by atoms with Gasteiger partial charge in [-0.3, -0.25) is 19.5 Å². The molecule has 144 valence electrons. The molecule has 1 aliphatic heterocycles. The summed E-state index contributed by atoms with van der Waals surface area (Å²) in [5.74, 6) is 0.351. The van der Waals surface area contributed by atoms with Crippen LogP contribution in [-0.2, 0) is 11.2 Å². The smallest absolute Gasteiger partial charge is 0.254 e. The maximum atomic E-state index is 12.9. The summed E-state index contributed by atoms with van der Waals surface area (Å²) in [6.07, 6.45) is 0.662. The van der Waals surface area contributed by atoms with Crippen LogP contribution < -0.4 is 21.5 Å². The Bertz CT molecular complexity index is 830. The SMILES string of the molecule is Nc1nc(N2CCN(CC(=O)NCCc3ccc(F)cc3)CC2)cc(=O)[nH]1. The number of rotatable bonds is 6. The first-order chi connectivity index (χ1) is 13.0. The molecule has 1 amide bonds. The molecule has 0 atom stereocenters. The fourth-order valence-electron chi connectivity index (χ4n) is 3.02. The number of halogens is 1. The lowest BCUT2D eigenvalue weighted by molar-refractivity contribution is -0.122. The van der Waals surface area contributed by atoms with Gasteiger partial charge < -0.3 is 16.0 Å². The summed E-state index contributed by atoms with van der Waals surface area (Å²) in [4.78, 5) is 34.2. The number of hydrogen-bond donors (Lipinski definition) is 3. The largest absolute Gasteiger partial charge is 0.369 e. The Morgan fingerprint density at radius 1 is 1.22 bits per heavy atom. The third kappa shape index (κ3) is 5.52. The van der Waals surface area contributed by atoms with Crippen LogP contribution in [0.3, 0.4) is 0 Å². The van der Waals surface area contributed by atoms with E-state index in [-0.39, 0.29) is 23.2 Å². The molecule has 4 N–H and O–H groups in total. The number of benzene rings is 1. The molecule has 1 aliphatic rings. The molecule has 0 aliphatic carbocycles. The number of nitrogens with one attached hydrogen (secondary N) is 2. The zero-order valence-electron chi connectivity index (χ0n) is 14.9. The number of nitrogens with zero attached hydrogens (tertiary/aromatic N) is 3. The van der Waals surface area contributed by atoms with Crippen LogP contribution in [0.15, 0.2) is 35.1 Å². The fraction of sp³-hybridized carbons (Fsp3) is 0.389. The van der Waals surface area contributed by atoms with Gasteiger partial charge in [-0.2, -0.15) is 4.98 Å². The highest BCUT2D eigenvalue weighted by Gasteiger charge is 2.20. The second-order valence-corrected chi connectivity index (χ2v) is 6.48. The molecular formula is C18H23FN6O2. The first-order valence-corrected chi connectivity index (χ1v) is 8.85. The van der Waals surface area contributed by atoms with Gasteiger partial charge in [0.2, 0.25) is 11.9 Å². The number of amides is 1. The number of nitrogen functional groups attached to an aromatic ring is 1. The minimum Gasteiger partial charge on any atom is -0.369 e. The van der Waals surface area contributed by atoms with Gasteiger partial charge in [-0.15, -0.1) is 0 Å². The molecule has 0 radical (unpaired) electrons. The Labute approximate surface area is 156 Å². The summed E-state index contributed by atoms with van der Waals surface area (Å²) >= 11 is 0. The number of nitrogens with two attached hydrogens (primary N) is 1. The van der Waals surface area contributed by atoms with Crippen molar-refractivity contribution in [1.29, 1.82) is 0 Å². The Balaban J connectivity index is 1.40. The van der Waals surface area contributed by atoms with Gasteiger partial charge in [0.15, 0.2) is 0 Å². The van der Waals surface area contributed by atoms with Gasteiger partial charge in [-0.1, -0.05) is 12.1 Å². The minimum absolute atomic E-state index is 0.0379. The van der Waals surface area contributed by atoms with Crippen molar-refractivity contribution >= 4 is 17.7 Å². The lowest BCUT2D eigenvalue weighted by atomic mass is 10.1. The molecule has 0 bridgehead atoms. The van der Waals surface area contributed by atoms with Crippen LogP contribution in [0.2, 0.25) is 0 Å². The number of carbonyl (C=O) groups excluding carboxylic acids is 1. The van der Waals surface area contributed by atoms with E-state index in [1.807, 2.05) is 4.90 Å². The van der Waals surface area contributed by atoms with E-state index in [0.29, 0.717) is 51.5 Å². The molecule has 2 aromatic rings. The van der Waals surface area contributed by atoms with Gasteiger partial charge in [0, 0.05) is 38.8 Å². The normalized spacial score (nSPS) is 14.9. The van der Waals surface area contributed by atoms with E-state index in [4.69, 9.17) is 5.73 Å². The minimum atomic E-state index is -0.277. The first kappa shape index (κ1) is 18.8. The Kier molecular flexibility index (Phi) is 6.02. The van der Waals surface area contributed by atoms with Gasteiger partial charge in [0.1, 0.15) is 11.6 Å². The lowest BCUT2D eigenvalue weighted by Gasteiger charge is -2.34. The van der Waals surface area contributed by atoms with E-state index in [2.05, 4.69) is 20.2 Å². The number of H-pyrrole nitrogens is 1. The number of aromatic nitrogens is 2. The predicted molar refractivity (Wildman–Crippen MR) is 101 cm³/mol. The highest BCUT2D eigenvalue weighted by atomic mass is 19.1. The van der Waals surface area contributed by atoms with E-state index in [1.54, 1.807) is 12.1 Å². The third-order valence-electron chi connectivity index (χ3n) is 4.46. The number of aromatic amines is 1. The van der Waals surface area contributed by atoms with Crippen molar-refractivity contribution in [2.75, 3.05) is 49.9 Å². The topological polar surface area (TPSA) is 107 Å². The van der Waals surface area contributed by atoms with E-state index in [1.165, 1.54) is 18.2 Å². The Morgan fingerprint density at radius 2 is 1.93 bits per heavy atom. The quantitative estimate of drug-likeness (QED) is 0.656. The molecule has 0 unspecified atom stereocenters. The average Bonchev–Trinajstić information content (AvgIpc) is 2.63. The Morgan fingerprint density at radius 3 is 2.59 bits per heavy atom. The maximum absolute atomic E-state index is 12.9. The van der Waals surface area contributed by atoms with E-state index in [9.17, 15) is 14.0 Å². The van der Waals surface area contributed by atoms with Crippen LogP contribution in [0.5, 0.6) is 0 Å². The molecule has 0 spiro atoms. The van der Waals surface area contributed by atoms with Gasteiger partial charge in [-0.25, -0.2) is 4.39 Å². The second kappa shape index (κ2) is 8.63. The van der Waals surface area contributed by atoms with E-state index >= 15 is 0 Å². The molecule has 9 heteroatoms. The molecule has 8 nitrogen and oxygen atoms in total. The van der Waals surface area contributed by atoms with Crippen LogP contribution in [0.4, 0.5) is 16.2 Å². The fourth-order valence-corrected chi connectivity index (χ4v) is 3.02. The average molecular weight is 374 g/mol.